The van der Waals surface area contributed by atoms with E-state index in [2.05, 4.69) is 435 Å². The van der Waals surface area contributed by atoms with Crippen LogP contribution in [0.15, 0.2) is 279 Å². The zero-order valence-electron chi connectivity index (χ0n) is 75.8. The Morgan fingerprint density at radius 1 is 0.231 bits per heavy atom. The van der Waals surface area contributed by atoms with E-state index >= 15 is 0 Å². The van der Waals surface area contributed by atoms with Gasteiger partial charge in [-0.3, -0.25) is 0 Å². The molecule has 5 nitrogen and oxygen atoms in total. The first-order chi connectivity index (χ1) is 58.4. The predicted molar refractivity (Wildman–Crippen MR) is 526 cm³/mol. The lowest BCUT2D eigenvalue weighted by Gasteiger charge is -2.29. The Balaban J connectivity index is 0.000000151. The van der Waals surface area contributed by atoms with Gasteiger partial charge in [0.25, 0.3) is 0 Å². The van der Waals surface area contributed by atoms with Crippen molar-refractivity contribution >= 4 is 90.1 Å². The maximum absolute atomic E-state index is 2.51. The fourth-order valence-corrected chi connectivity index (χ4v) is 17.8. The van der Waals surface area contributed by atoms with Crippen LogP contribution >= 0.6 is 0 Å². The lowest BCUT2D eigenvalue weighted by Crippen LogP contribution is -2.17. The van der Waals surface area contributed by atoms with Crippen molar-refractivity contribution in [2.75, 3.05) is 19.6 Å². The Morgan fingerprint density at radius 3 is 0.950 bits per heavy atom. The first kappa shape index (κ1) is 85.5. The highest BCUT2D eigenvalue weighted by atomic mass is 15.2. The summed E-state index contributed by atoms with van der Waals surface area (Å²) in [6.07, 6.45) is 14.5. The molecule has 0 fully saturated rings. The number of unbranched alkanes of at least 4 members (excludes halogenated alkanes) is 6. The van der Waals surface area contributed by atoms with Gasteiger partial charge in [0.05, 0.1) is 11.0 Å². The highest BCUT2D eigenvalue weighted by Gasteiger charge is 2.36. The molecular formula is C116H127N5. The third-order valence-corrected chi connectivity index (χ3v) is 25.7. The fourth-order valence-electron chi connectivity index (χ4n) is 17.8. The van der Waals surface area contributed by atoms with Gasteiger partial charge in [-0.15, -0.1) is 0 Å². The van der Waals surface area contributed by atoms with Crippen LogP contribution in [0, 0.1) is 90.0 Å². The number of nitrogens with zero attached hydrogens (tertiary/aromatic N) is 5. The van der Waals surface area contributed by atoms with Gasteiger partial charge in [0, 0.05) is 90.1 Å². The van der Waals surface area contributed by atoms with Crippen molar-refractivity contribution in [2.45, 2.75) is 214 Å². The van der Waals surface area contributed by atoms with Crippen molar-refractivity contribution in [3.05, 3.63) is 385 Å². The van der Waals surface area contributed by atoms with Crippen molar-refractivity contribution in [3.8, 4) is 16.8 Å². The number of aromatic nitrogens is 1. The van der Waals surface area contributed by atoms with Gasteiger partial charge < -0.3 is 24.2 Å². The lowest BCUT2D eigenvalue weighted by molar-refractivity contribution is 0.660. The van der Waals surface area contributed by atoms with Crippen LogP contribution in [0.25, 0.3) is 38.6 Å². The van der Waals surface area contributed by atoms with Gasteiger partial charge >= 0.3 is 0 Å². The largest absolute Gasteiger partial charge is 0.311 e. The molecule has 0 amide bonds. The van der Waals surface area contributed by atoms with E-state index in [4.69, 9.17) is 0 Å². The van der Waals surface area contributed by atoms with E-state index in [1.807, 2.05) is 0 Å². The molecule has 0 atom stereocenters. The van der Waals surface area contributed by atoms with Gasteiger partial charge in [-0.1, -0.05) is 211 Å². The smallest absolute Gasteiger partial charge is 0.0542 e. The lowest BCUT2D eigenvalue weighted by atomic mass is 9.82. The molecule has 1 heterocycles. The maximum Gasteiger partial charge on any atom is 0.0542 e. The summed E-state index contributed by atoms with van der Waals surface area (Å²) in [7, 11) is 0. The van der Waals surface area contributed by atoms with Crippen molar-refractivity contribution < 1.29 is 0 Å². The van der Waals surface area contributed by atoms with Crippen LogP contribution in [0.4, 0.5) is 68.2 Å². The van der Waals surface area contributed by atoms with Crippen LogP contribution in [0.3, 0.4) is 0 Å². The Hall–Kier alpha value is -11.9. The normalized spacial score (nSPS) is 11.9. The third kappa shape index (κ3) is 18.8. The predicted octanol–water partition coefficient (Wildman–Crippen LogP) is 33.7. The summed E-state index contributed by atoms with van der Waals surface area (Å²) in [5.74, 6) is 0. The van der Waals surface area contributed by atoms with E-state index in [1.54, 1.807) is 0 Å². The summed E-state index contributed by atoms with van der Waals surface area (Å²) in [4.78, 5) is 9.63. The van der Waals surface area contributed by atoms with Crippen LogP contribution in [-0.2, 0) is 31.1 Å². The number of hydrogen-bond acceptors (Lipinski definition) is 4. The van der Waals surface area contributed by atoms with E-state index < -0.39 is 0 Å². The average molecular weight is 1590 g/mol. The molecule has 0 saturated carbocycles. The molecular weight excluding hydrogens is 1460 g/mol. The van der Waals surface area contributed by atoms with Gasteiger partial charge in [0.15, 0.2) is 0 Å². The second-order valence-electron chi connectivity index (χ2n) is 35.1. The van der Waals surface area contributed by atoms with Gasteiger partial charge in [-0.2, -0.15) is 0 Å². The molecule has 0 radical (unpaired) electrons. The average Bonchev–Trinajstić information content (AvgIpc) is 1.59. The number of hydrogen-bond donors (Lipinski definition) is 0. The molecule has 0 unspecified atom stereocenters. The Bertz CT molecular complexity index is 5940. The first-order valence-electron chi connectivity index (χ1n) is 44.8. The molecule has 15 aromatic rings. The summed E-state index contributed by atoms with van der Waals surface area (Å²) in [6.45, 7) is 42.3. The van der Waals surface area contributed by atoms with Crippen LogP contribution < -0.4 is 19.6 Å². The summed E-state index contributed by atoms with van der Waals surface area (Å²) >= 11 is 0. The maximum atomic E-state index is 2.51. The zero-order chi connectivity index (χ0) is 85.3. The molecule has 1 aliphatic carbocycles. The monoisotopic (exact) mass is 1590 g/mol. The zero-order valence-corrected chi connectivity index (χ0v) is 75.8. The van der Waals surface area contributed by atoms with E-state index in [0.29, 0.717) is 0 Å². The van der Waals surface area contributed by atoms with Crippen LogP contribution in [0.5, 0.6) is 0 Å². The van der Waals surface area contributed by atoms with Gasteiger partial charge in [-0.25, -0.2) is 0 Å². The van der Waals surface area contributed by atoms with Crippen LogP contribution in [0.1, 0.15) is 199 Å². The molecule has 0 spiro atoms. The summed E-state index contributed by atoms with van der Waals surface area (Å²) in [6, 6.07) is 105. The molecule has 1 aliphatic rings. The fraction of sp³-hybridized carbons (Fsp3) is 0.276. The van der Waals surface area contributed by atoms with E-state index in [0.717, 1.165) is 48.4 Å². The second kappa shape index (κ2) is 37.8. The van der Waals surface area contributed by atoms with Gasteiger partial charge in [0.2, 0.25) is 0 Å². The molecule has 5 heteroatoms. The number of anilines is 12. The summed E-state index contributed by atoms with van der Waals surface area (Å²) in [5.41, 5.74) is 46.3. The minimum Gasteiger partial charge on any atom is -0.311 e. The molecule has 121 heavy (non-hydrogen) atoms. The number of rotatable bonds is 25. The molecule has 0 N–H and O–H groups in total. The Labute approximate surface area is 725 Å². The topological polar surface area (TPSA) is 17.9 Å². The molecule has 16 rings (SSSR count). The molecule has 616 valence electrons. The number of benzene rings is 14. The molecule has 14 aromatic carbocycles. The molecule has 0 bridgehead atoms. The highest BCUT2D eigenvalue weighted by molar-refractivity contribution is 6.11. The van der Waals surface area contributed by atoms with E-state index in [9.17, 15) is 0 Å². The molecule has 0 saturated heterocycles. The SMILES string of the molecule is CCCCCCc1cc(N(c2ccc(C)c(CCCCCC)c2)c2ccc3c(c2)c2cc(C)ccc2n3-c2ccc(C)cc2)ccc1C.CCc1cc(N(c2ccc(N(c3ccc(C)cc3)c3ccc(C)cc3)cc2)c2ccc(C)c(CC)c2)ccc1C.Cc1ccc2c(c1)C(C)(C)c1cc(N(c3ccc(C)c(C)c3)c3ccc(C)c(C)c3)ccc1-2. The highest BCUT2D eigenvalue weighted by Crippen LogP contribution is 2.52. The molecule has 1 aromatic heterocycles. The minimum absolute atomic E-state index is 0.0231. The summed E-state index contributed by atoms with van der Waals surface area (Å²) < 4.78 is 2.43. The van der Waals surface area contributed by atoms with E-state index in [1.165, 1.54) is 241 Å². The summed E-state index contributed by atoms with van der Waals surface area (Å²) in [5, 5.41) is 2.59. The standard InChI is InChI=1S/C46H54N2.C38H40N2.C32H33N/c1-7-9-11-13-15-37-30-40(24-20-35(37)5)47(41-25-21-36(6)38(31-41)16-14-12-10-8-2)42-26-28-46-44(32-42)43-29-34(4)19-27-45(43)48(46)39-22-17-33(3)18-23-39;1-7-31-25-37(19-13-29(31)5)40(38-20-14-30(6)32(8-2)26-38)36-23-21-35(22-24-36)39(33-15-9-27(3)10-16-33)34-17-11-28(4)12-18-34;1-20-8-14-28-29-15-13-27(19-31(29)32(6,7)30(28)16-20)33(25-11-9-21(2)23(4)17-25)26-12-10-22(3)24(5)18-26/h17-32H,7-16H2,1-6H3;9-26H,7-8H2,1-6H3;8-19H,1-7H3. The van der Waals surface area contributed by atoms with Gasteiger partial charge in [0.1, 0.15) is 0 Å². The van der Waals surface area contributed by atoms with Crippen LogP contribution in [-0.4, -0.2) is 4.57 Å². The molecule has 0 aliphatic heterocycles. The van der Waals surface area contributed by atoms with Crippen molar-refractivity contribution in [1.29, 1.82) is 0 Å². The Kier molecular flexibility index (Phi) is 26.7. The van der Waals surface area contributed by atoms with Crippen molar-refractivity contribution in [3.63, 3.8) is 0 Å². The number of aryl methyl sites for hydroxylation is 17. The van der Waals surface area contributed by atoms with Crippen molar-refractivity contribution in [2.24, 2.45) is 0 Å². The number of fused-ring (bicyclic) bond motifs is 6. The van der Waals surface area contributed by atoms with E-state index in [-0.39, 0.29) is 5.41 Å². The minimum atomic E-state index is -0.0231. The third-order valence-electron chi connectivity index (χ3n) is 25.7. The Morgan fingerprint density at radius 2 is 0.521 bits per heavy atom. The second-order valence-corrected chi connectivity index (χ2v) is 35.1. The quantitative estimate of drug-likeness (QED) is 0.0531. The van der Waals surface area contributed by atoms with Crippen molar-refractivity contribution in [1.82, 2.24) is 4.57 Å². The van der Waals surface area contributed by atoms with Gasteiger partial charge in [-0.05, 0) is 393 Å². The van der Waals surface area contributed by atoms with Crippen LogP contribution in [0.2, 0.25) is 0 Å². The first-order valence-corrected chi connectivity index (χ1v) is 44.8.